The Hall–Kier alpha value is -2.51. The molecule has 0 aromatic heterocycles. The third-order valence-electron chi connectivity index (χ3n) is 3.47. The van der Waals surface area contributed by atoms with E-state index in [0.717, 1.165) is 16.7 Å². The standard InChI is InChI=1S/C18H19N3/c1-13(20-21-19)16-7-5-6-8-17(16)14-9-11-15(12-10-14)18(2,3)4/h5-12H,1H2,2-4H3. The summed E-state index contributed by atoms with van der Waals surface area (Å²) in [7, 11) is 0. The molecular weight excluding hydrogens is 258 g/mol. The summed E-state index contributed by atoms with van der Waals surface area (Å²) >= 11 is 0. The molecule has 0 N–H and O–H groups in total. The van der Waals surface area contributed by atoms with Gasteiger partial charge in [0.25, 0.3) is 0 Å². The molecule has 3 nitrogen and oxygen atoms in total. The zero-order valence-electron chi connectivity index (χ0n) is 12.7. The van der Waals surface area contributed by atoms with Crippen LogP contribution in [0.3, 0.4) is 0 Å². The highest BCUT2D eigenvalue weighted by atomic mass is 15.1. The van der Waals surface area contributed by atoms with Crippen molar-refractivity contribution in [3.8, 4) is 11.1 Å². The van der Waals surface area contributed by atoms with Crippen molar-refractivity contribution in [3.63, 3.8) is 0 Å². The van der Waals surface area contributed by atoms with Gasteiger partial charge in [0.1, 0.15) is 0 Å². The van der Waals surface area contributed by atoms with Gasteiger partial charge in [0.15, 0.2) is 0 Å². The molecule has 0 bridgehead atoms. The van der Waals surface area contributed by atoms with Crippen LogP contribution in [-0.4, -0.2) is 0 Å². The Labute approximate surface area is 125 Å². The summed E-state index contributed by atoms with van der Waals surface area (Å²) in [6.45, 7) is 10.4. The van der Waals surface area contributed by atoms with E-state index in [-0.39, 0.29) is 5.41 Å². The second-order valence-corrected chi connectivity index (χ2v) is 6.01. The van der Waals surface area contributed by atoms with Crippen molar-refractivity contribution in [3.05, 3.63) is 76.7 Å². The van der Waals surface area contributed by atoms with Gasteiger partial charge < -0.3 is 0 Å². The molecule has 106 valence electrons. The van der Waals surface area contributed by atoms with E-state index in [1.807, 2.05) is 24.3 Å². The maximum Gasteiger partial charge on any atom is 0.0382 e. The summed E-state index contributed by atoms with van der Waals surface area (Å²) in [5.74, 6) is 0. The summed E-state index contributed by atoms with van der Waals surface area (Å²) in [5.41, 5.74) is 13.4. The lowest BCUT2D eigenvalue weighted by atomic mass is 9.86. The van der Waals surface area contributed by atoms with Crippen LogP contribution >= 0.6 is 0 Å². The summed E-state index contributed by atoms with van der Waals surface area (Å²) in [6.07, 6.45) is 0. The Morgan fingerprint density at radius 1 is 1.05 bits per heavy atom. The van der Waals surface area contributed by atoms with Gasteiger partial charge in [-0.25, -0.2) is 0 Å². The third kappa shape index (κ3) is 3.33. The number of hydrogen-bond donors (Lipinski definition) is 0. The normalized spacial score (nSPS) is 10.8. The van der Waals surface area contributed by atoms with E-state index in [2.05, 4.69) is 61.6 Å². The predicted octanol–water partition coefficient (Wildman–Crippen LogP) is 5.93. The van der Waals surface area contributed by atoms with Gasteiger partial charge in [-0.1, -0.05) is 81.0 Å². The molecule has 0 unspecified atom stereocenters. The van der Waals surface area contributed by atoms with Crippen LogP contribution in [0.25, 0.3) is 27.3 Å². The summed E-state index contributed by atoms with van der Waals surface area (Å²) < 4.78 is 0. The molecule has 0 radical (unpaired) electrons. The van der Waals surface area contributed by atoms with Gasteiger partial charge in [0, 0.05) is 10.6 Å². The molecule has 0 heterocycles. The molecular formula is C18H19N3. The number of benzene rings is 2. The van der Waals surface area contributed by atoms with Crippen LogP contribution < -0.4 is 0 Å². The Morgan fingerprint density at radius 3 is 2.24 bits per heavy atom. The maximum atomic E-state index is 8.58. The van der Waals surface area contributed by atoms with Crippen molar-refractivity contribution in [2.45, 2.75) is 26.2 Å². The van der Waals surface area contributed by atoms with Crippen molar-refractivity contribution in [1.82, 2.24) is 0 Å². The van der Waals surface area contributed by atoms with E-state index < -0.39 is 0 Å². The van der Waals surface area contributed by atoms with Gasteiger partial charge >= 0.3 is 0 Å². The number of nitrogens with zero attached hydrogens (tertiary/aromatic N) is 3. The van der Waals surface area contributed by atoms with E-state index in [1.54, 1.807) is 0 Å². The topological polar surface area (TPSA) is 48.8 Å². The van der Waals surface area contributed by atoms with Gasteiger partial charge in [0.2, 0.25) is 0 Å². The summed E-state index contributed by atoms with van der Waals surface area (Å²) in [5, 5.41) is 3.62. The van der Waals surface area contributed by atoms with E-state index in [1.165, 1.54) is 5.56 Å². The lowest BCUT2D eigenvalue weighted by Crippen LogP contribution is -2.10. The van der Waals surface area contributed by atoms with Crippen LogP contribution in [0, 0.1) is 0 Å². The molecule has 2 aromatic rings. The first kappa shape index (κ1) is 14.9. The fourth-order valence-corrected chi connectivity index (χ4v) is 2.24. The molecule has 0 aliphatic heterocycles. The van der Waals surface area contributed by atoms with Crippen LogP contribution in [0.5, 0.6) is 0 Å². The van der Waals surface area contributed by atoms with Gasteiger partial charge in [0.05, 0.1) is 0 Å². The molecule has 21 heavy (non-hydrogen) atoms. The summed E-state index contributed by atoms with van der Waals surface area (Å²) in [4.78, 5) is 2.82. The first-order chi connectivity index (χ1) is 9.93. The number of azide groups is 1. The van der Waals surface area contributed by atoms with Crippen LogP contribution in [0.4, 0.5) is 0 Å². The van der Waals surface area contributed by atoms with Crippen molar-refractivity contribution in [2.75, 3.05) is 0 Å². The minimum absolute atomic E-state index is 0.132. The number of hydrogen-bond acceptors (Lipinski definition) is 1. The molecule has 0 saturated carbocycles. The zero-order valence-corrected chi connectivity index (χ0v) is 12.7. The predicted molar refractivity (Wildman–Crippen MR) is 88.8 cm³/mol. The Morgan fingerprint density at radius 2 is 1.67 bits per heavy atom. The average molecular weight is 277 g/mol. The maximum absolute atomic E-state index is 8.58. The van der Waals surface area contributed by atoms with Gasteiger partial charge in [-0.2, -0.15) is 0 Å². The number of rotatable bonds is 3. The summed E-state index contributed by atoms with van der Waals surface area (Å²) in [6, 6.07) is 16.3. The van der Waals surface area contributed by atoms with Crippen LogP contribution in [0.1, 0.15) is 31.9 Å². The molecule has 0 atom stereocenters. The zero-order chi connectivity index (χ0) is 15.5. The van der Waals surface area contributed by atoms with Gasteiger partial charge in [-0.15, -0.1) is 0 Å². The largest absolute Gasteiger partial charge is 0.0889 e. The van der Waals surface area contributed by atoms with Gasteiger partial charge in [-0.3, -0.25) is 0 Å². The Kier molecular flexibility index (Phi) is 4.15. The van der Waals surface area contributed by atoms with E-state index in [0.29, 0.717) is 5.70 Å². The highest BCUT2D eigenvalue weighted by Crippen LogP contribution is 2.31. The quantitative estimate of drug-likeness (QED) is 0.379. The fraction of sp³-hybridized carbons (Fsp3) is 0.222. The average Bonchev–Trinajstić information content (AvgIpc) is 2.47. The highest BCUT2D eigenvalue weighted by molar-refractivity contribution is 5.80. The van der Waals surface area contributed by atoms with Crippen molar-refractivity contribution in [1.29, 1.82) is 0 Å². The molecule has 0 amide bonds. The van der Waals surface area contributed by atoms with Gasteiger partial charge in [-0.05, 0) is 33.2 Å². The van der Waals surface area contributed by atoms with Crippen molar-refractivity contribution in [2.24, 2.45) is 5.11 Å². The van der Waals surface area contributed by atoms with E-state index in [4.69, 9.17) is 5.53 Å². The first-order valence-electron chi connectivity index (χ1n) is 6.88. The Balaban J connectivity index is 2.48. The minimum Gasteiger partial charge on any atom is -0.0889 e. The molecule has 0 aliphatic rings. The third-order valence-corrected chi connectivity index (χ3v) is 3.47. The van der Waals surface area contributed by atoms with Crippen LogP contribution in [0.2, 0.25) is 0 Å². The Bertz CT molecular complexity index is 700. The van der Waals surface area contributed by atoms with E-state index in [9.17, 15) is 0 Å². The van der Waals surface area contributed by atoms with Crippen molar-refractivity contribution >= 4 is 5.70 Å². The minimum atomic E-state index is 0.132. The molecule has 0 aliphatic carbocycles. The molecule has 3 heteroatoms. The molecule has 2 rings (SSSR count). The molecule has 0 fully saturated rings. The second-order valence-electron chi connectivity index (χ2n) is 6.01. The van der Waals surface area contributed by atoms with Crippen molar-refractivity contribution < 1.29 is 0 Å². The molecule has 0 spiro atoms. The first-order valence-corrected chi connectivity index (χ1v) is 6.88. The monoisotopic (exact) mass is 277 g/mol. The SMILES string of the molecule is C=C(N=[N+]=[N-])c1ccccc1-c1ccc(C(C)(C)C)cc1. The lowest BCUT2D eigenvalue weighted by Gasteiger charge is -2.19. The van der Waals surface area contributed by atoms with Crippen LogP contribution in [0.15, 0.2) is 60.2 Å². The van der Waals surface area contributed by atoms with E-state index >= 15 is 0 Å². The smallest absolute Gasteiger partial charge is 0.0382 e. The molecule has 2 aromatic carbocycles. The lowest BCUT2D eigenvalue weighted by molar-refractivity contribution is 0.590. The molecule has 0 saturated heterocycles. The highest BCUT2D eigenvalue weighted by Gasteiger charge is 2.14. The second kappa shape index (κ2) is 5.86. The fourth-order valence-electron chi connectivity index (χ4n) is 2.24. The van der Waals surface area contributed by atoms with Crippen LogP contribution in [-0.2, 0) is 5.41 Å².